The van der Waals surface area contributed by atoms with E-state index in [1.54, 1.807) is 35.7 Å². The number of fused-ring (bicyclic) bond motifs is 1. The van der Waals surface area contributed by atoms with Crippen LogP contribution in [-0.2, 0) is 0 Å². The zero-order valence-corrected chi connectivity index (χ0v) is 17.0. The SMILES string of the molecule is O=C(Nc1nc(-c2ccc(OC(F)F)cc2)cs1)c1cc(-c2ccc3c(c2)OCO3)n[nH]1. The summed E-state index contributed by atoms with van der Waals surface area (Å²) in [6.45, 7) is -2.70. The second kappa shape index (κ2) is 8.27. The summed E-state index contributed by atoms with van der Waals surface area (Å²) in [7, 11) is 0. The first kappa shape index (κ1) is 19.9. The number of thiazole rings is 1. The van der Waals surface area contributed by atoms with Gasteiger partial charge in [0.25, 0.3) is 5.91 Å². The van der Waals surface area contributed by atoms with Crippen molar-refractivity contribution in [3.05, 3.63) is 59.6 Å². The molecule has 2 N–H and O–H groups in total. The van der Waals surface area contributed by atoms with Crippen molar-refractivity contribution in [2.45, 2.75) is 6.61 Å². The van der Waals surface area contributed by atoms with Gasteiger partial charge in [-0.25, -0.2) is 4.98 Å². The van der Waals surface area contributed by atoms with Crippen LogP contribution in [0.3, 0.4) is 0 Å². The highest BCUT2D eigenvalue weighted by molar-refractivity contribution is 7.14. The van der Waals surface area contributed by atoms with Crippen molar-refractivity contribution in [1.82, 2.24) is 15.2 Å². The molecule has 0 saturated carbocycles. The molecule has 32 heavy (non-hydrogen) atoms. The maximum atomic E-state index is 12.6. The lowest BCUT2D eigenvalue weighted by Crippen LogP contribution is -2.12. The Morgan fingerprint density at radius 2 is 1.84 bits per heavy atom. The Balaban J connectivity index is 1.27. The van der Waals surface area contributed by atoms with E-state index in [0.717, 1.165) is 5.56 Å². The van der Waals surface area contributed by atoms with E-state index >= 15 is 0 Å². The fourth-order valence-electron chi connectivity index (χ4n) is 3.08. The summed E-state index contributed by atoms with van der Waals surface area (Å²) in [5.74, 6) is 0.953. The van der Waals surface area contributed by atoms with Gasteiger partial charge in [-0.3, -0.25) is 15.2 Å². The molecule has 0 spiro atoms. The number of nitrogens with zero attached hydrogens (tertiary/aromatic N) is 2. The van der Waals surface area contributed by atoms with E-state index in [1.165, 1.54) is 23.5 Å². The third kappa shape index (κ3) is 4.10. The zero-order valence-electron chi connectivity index (χ0n) is 16.2. The molecule has 0 saturated heterocycles. The minimum Gasteiger partial charge on any atom is -0.454 e. The van der Waals surface area contributed by atoms with Gasteiger partial charge in [-0.2, -0.15) is 13.9 Å². The largest absolute Gasteiger partial charge is 0.454 e. The van der Waals surface area contributed by atoms with Crippen LogP contribution in [-0.4, -0.2) is 34.5 Å². The van der Waals surface area contributed by atoms with Crippen molar-refractivity contribution in [1.29, 1.82) is 0 Å². The predicted octanol–water partition coefficient (Wildman–Crippen LogP) is 4.78. The Morgan fingerprint density at radius 1 is 1.06 bits per heavy atom. The van der Waals surface area contributed by atoms with Crippen LogP contribution in [0.2, 0.25) is 0 Å². The van der Waals surface area contributed by atoms with Crippen LogP contribution in [0.15, 0.2) is 53.9 Å². The fraction of sp³-hybridized carbons (Fsp3) is 0.0952. The quantitative estimate of drug-likeness (QED) is 0.433. The highest BCUT2D eigenvalue weighted by Crippen LogP contribution is 2.35. The molecule has 4 aromatic rings. The third-order valence-corrected chi connectivity index (χ3v) is 5.35. The van der Waals surface area contributed by atoms with Crippen LogP contribution in [0.4, 0.5) is 13.9 Å². The van der Waals surface area contributed by atoms with Gasteiger partial charge in [0.15, 0.2) is 16.6 Å². The molecular weight excluding hydrogens is 442 g/mol. The monoisotopic (exact) mass is 456 g/mol. The van der Waals surface area contributed by atoms with Gasteiger partial charge in [0.1, 0.15) is 11.4 Å². The van der Waals surface area contributed by atoms with E-state index < -0.39 is 12.5 Å². The van der Waals surface area contributed by atoms with Crippen molar-refractivity contribution in [3.63, 3.8) is 0 Å². The molecule has 0 bridgehead atoms. The Kier molecular flexibility index (Phi) is 5.15. The van der Waals surface area contributed by atoms with Crippen LogP contribution in [0.25, 0.3) is 22.5 Å². The molecule has 162 valence electrons. The lowest BCUT2D eigenvalue weighted by Gasteiger charge is -2.04. The van der Waals surface area contributed by atoms with Gasteiger partial charge in [0, 0.05) is 16.5 Å². The smallest absolute Gasteiger partial charge is 0.387 e. The maximum absolute atomic E-state index is 12.6. The van der Waals surface area contributed by atoms with Crippen LogP contribution >= 0.6 is 11.3 Å². The number of halogens is 2. The normalized spacial score (nSPS) is 12.2. The molecule has 0 radical (unpaired) electrons. The van der Waals surface area contributed by atoms with Gasteiger partial charge in [-0.1, -0.05) is 0 Å². The molecule has 0 aliphatic carbocycles. The molecule has 1 aliphatic rings. The number of benzene rings is 2. The first-order chi connectivity index (χ1) is 15.5. The molecule has 0 atom stereocenters. The Labute approximate surface area is 183 Å². The number of rotatable bonds is 6. The fourth-order valence-corrected chi connectivity index (χ4v) is 3.79. The van der Waals surface area contributed by atoms with E-state index in [0.29, 0.717) is 33.6 Å². The summed E-state index contributed by atoms with van der Waals surface area (Å²) >= 11 is 1.24. The average Bonchev–Trinajstić information content (AvgIpc) is 3.53. The number of aromatic amines is 1. The number of hydrogen-bond donors (Lipinski definition) is 2. The summed E-state index contributed by atoms with van der Waals surface area (Å²) in [5, 5.41) is 11.8. The summed E-state index contributed by atoms with van der Waals surface area (Å²) in [6, 6.07) is 13.1. The number of H-pyrrole nitrogens is 1. The summed E-state index contributed by atoms with van der Waals surface area (Å²) in [4.78, 5) is 17.0. The van der Waals surface area contributed by atoms with Crippen LogP contribution < -0.4 is 19.5 Å². The van der Waals surface area contributed by atoms with Crippen molar-refractivity contribution in [2.24, 2.45) is 0 Å². The average molecular weight is 456 g/mol. The Hall–Kier alpha value is -3.99. The van der Waals surface area contributed by atoms with Gasteiger partial charge in [-0.05, 0) is 48.5 Å². The van der Waals surface area contributed by atoms with Gasteiger partial charge in [-0.15, -0.1) is 11.3 Å². The lowest BCUT2D eigenvalue weighted by molar-refractivity contribution is -0.0498. The van der Waals surface area contributed by atoms with E-state index in [2.05, 4.69) is 25.2 Å². The molecule has 11 heteroatoms. The molecular formula is C21H14F2N4O4S. The second-order valence-corrected chi connectivity index (χ2v) is 7.49. The van der Waals surface area contributed by atoms with Crippen LogP contribution in [0.5, 0.6) is 17.2 Å². The zero-order chi connectivity index (χ0) is 22.1. The number of amides is 1. The standard InChI is InChI=1S/C21H14F2N4O4S/c22-20(23)31-13-4-1-11(2-5-13)16-9-32-21(24-16)25-19(28)15-8-14(26-27-15)12-3-6-17-18(7-12)30-10-29-17/h1-9,20H,10H2,(H,26,27)(H,24,25,28). The first-order valence-corrected chi connectivity index (χ1v) is 10.2. The molecule has 3 heterocycles. The van der Waals surface area contributed by atoms with Gasteiger partial charge in [0.05, 0.1) is 11.4 Å². The number of aromatic nitrogens is 3. The molecule has 0 unspecified atom stereocenters. The third-order valence-electron chi connectivity index (χ3n) is 4.59. The number of ether oxygens (including phenoxy) is 3. The molecule has 2 aromatic carbocycles. The number of alkyl halides is 2. The highest BCUT2D eigenvalue weighted by Gasteiger charge is 2.17. The molecule has 1 aliphatic heterocycles. The summed E-state index contributed by atoms with van der Waals surface area (Å²) in [6.07, 6.45) is 0. The lowest BCUT2D eigenvalue weighted by atomic mass is 10.1. The highest BCUT2D eigenvalue weighted by atomic mass is 32.1. The number of carbonyl (C=O) groups is 1. The first-order valence-electron chi connectivity index (χ1n) is 9.33. The summed E-state index contributed by atoms with van der Waals surface area (Å²) < 4.78 is 39.5. The van der Waals surface area contributed by atoms with Crippen molar-refractivity contribution >= 4 is 22.4 Å². The van der Waals surface area contributed by atoms with Gasteiger partial charge >= 0.3 is 6.61 Å². The summed E-state index contributed by atoms with van der Waals surface area (Å²) in [5.41, 5.74) is 2.93. The number of nitrogens with one attached hydrogen (secondary N) is 2. The molecule has 1 amide bonds. The predicted molar refractivity (Wildman–Crippen MR) is 112 cm³/mol. The second-order valence-electron chi connectivity index (χ2n) is 6.63. The molecule has 0 fully saturated rings. The Bertz CT molecular complexity index is 1270. The van der Waals surface area contributed by atoms with Crippen molar-refractivity contribution < 1.29 is 27.8 Å². The van der Waals surface area contributed by atoms with Crippen molar-refractivity contribution in [3.8, 4) is 39.8 Å². The minimum absolute atomic E-state index is 0.0602. The molecule has 2 aromatic heterocycles. The van der Waals surface area contributed by atoms with E-state index in [4.69, 9.17) is 9.47 Å². The Morgan fingerprint density at radius 3 is 2.66 bits per heavy atom. The minimum atomic E-state index is -2.88. The van der Waals surface area contributed by atoms with E-state index in [1.807, 2.05) is 6.07 Å². The van der Waals surface area contributed by atoms with Crippen molar-refractivity contribution in [2.75, 3.05) is 12.1 Å². The number of hydrogen-bond acceptors (Lipinski definition) is 7. The van der Waals surface area contributed by atoms with E-state index in [9.17, 15) is 13.6 Å². The van der Waals surface area contributed by atoms with Crippen LogP contribution in [0, 0.1) is 0 Å². The number of carbonyl (C=O) groups excluding carboxylic acids is 1. The van der Waals surface area contributed by atoms with Gasteiger partial charge < -0.3 is 14.2 Å². The van der Waals surface area contributed by atoms with E-state index in [-0.39, 0.29) is 18.2 Å². The molecule has 8 nitrogen and oxygen atoms in total. The number of anilines is 1. The molecule has 5 rings (SSSR count). The van der Waals surface area contributed by atoms with Gasteiger partial charge in [0.2, 0.25) is 6.79 Å². The van der Waals surface area contributed by atoms with Crippen LogP contribution in [0.1, 0.15) is 10.5 Å². The topological polar surface area (TPSA) is 98.4 Å². The maximum Gasteiger partial charge on any atom is 0.387 e.